The first-order chi connectivity index (χ1) is 11.5. The fourth-order valence-electron chi connectivity index (χ4n) is 1.90. The second-order valence-electron chi connectivity index (χ2n) is 7.36. The number of ether oxygens (including phenoxy) is 1. The largest absolute Gasteiger partial charge is 0.444 e. The quantitative estimate of drug-likeness (QED) is 0.530. The molecule has 0 aliphatic carbocycles. The van der Waals surface area contributed by atoms with E-state index in [4.69, 9.17) is 4.74 Å². The fourth-order valence-corrected chi connectivity index (χ4v) is 2.70. The number of carbonyl (C=O) groups excluding carboxylic acids is 1. The maximum atomic E-state index is 11.9. The molecule has 1 rings (SSSR count). The first-order valence-corrected chi connectivity index (χ1v) is 9.25. The summed E-state index contributed by atoms with van der Waals surface area (Å²) in [5.74, 6) is 0.660. The molecule has 0 aromatic carbocycles. The molecule has 0 bridgehead atoms. The number of amides is 1. The third-order valence-electron chi connectivity index (χ3n) is 3.12. The zero-order valence-corrected chi connectivity index (χ0v) is 17.1. The van der Waals surface area contributed by atoms with Crippen LogP contribution >= 0.6 is 11.3 Å². The number of hydrogen-bond donors (Lipinski definition) is 3. The zero-order chi connectivity index (χ0) is 19.1. The molecule has 8 heteroatoms. The Morgan fingerprint density at radius 1 is 1.28 bits per heavy atom. The molecule has 0 radical (unpaired) electrons. The van der Waals surface area contributed by atoms with Gasteiger partial charge in [0.2, 0.25) is 0 Å². The lowest BCUT2D eigenvalue weighted by molar-refractivity contribution is 0.0474. The summed E-state index contributed by atoms with van der Waals surface area (Å²) in [5.41, 5.74) is -1.01. The normalized spacial score (nSPS) is 12.7. The summed E-state index contributed by atoms with van der Waals surface area (Å²) in [6.07, 6.45) is 2.47. The SMILES string of the molecule is CCc1cnc(CNC(=NC)NCC(C)(C)NC(=O)OC(C)(C)C)s1. The van der Waals surface area contributed by atoms with Crippen LogP contribution in [0.5, 0.6) is 0 Å². The Morgan fingerprint density at radius 2 is 1.96 bits per heavy atom. The number of guanidine groups is 1. The highest BCUT2D eigenvalue weighted by Gasteiger charge is 2.24. The average molecular weight is 370 g/mol. The van der Waals surface area contributed by atoms with E-state index in [1.807, 2.05) is 40.8 Å². The van der Waals surface area contributed by atoms with Gasteiger partial charge in [-0.3, -0.25) is 4.99 Å². The van der Waals surface area contributed by atoms with Crippen LogP contribution in [0.3, 0.4) is 0 Å². The van der Waals surface area contributed by atoms with E-state index < -0.39 is 17.2 Å². The summed E-state index contributed by atoms with van der Waals surface area (Å²) in [5, 5.41) is 10.3. The topological polar surface area (TPSA) is 87.6 Å². The van der Waals surface area contributed by atoms with Gasteiger partial charge in [-0.1, -0.05) is 6.92 Å². The highest BCUT2D eigenvalue weighted by Crippen LogP contribution is 2.13. The van der Waals surface area contributed by atoms with Crippen LogP contribution in [-0.2, 0) is 17.7 Å². The molecule has 1 heterocycles. The van der Waals surface area contributed by atoms with Gasteiger partial charge >= 0.3 is 6.09 Å². The van der Waals surface area contributed by atoms with Crippen molar-refractivity contribution in [3.63, 3.8) is 0 Å². The molecule has 3 N–H and O–H groups in total. The minimum atomic E-state index is -0.518. The van der Waals surface area contributed by atoms with Crippen molar-refractivity contribution in [2.75, 3.05) is 13.6 Å². The van der Waals surface area contributed by atoms with Crippen molar-refractivity contribution in [1.29, 1.82) is 0 Å². The van der Waals surface area contributed by atoms with Gasteiger partial charge in [0, 0.05) is 24.7 Å². The molecule has 0 aliphatic rings. The van der Waals surface area contributed by atoms with E-state index in [1.54, 1.807) is 18.4 Å². The predicted octanol–water partition coefficient (Wildman–Crippen LogP) is 2.67. The number of nitrogens with one attached hydrogen (secondary N) is 3. The summed E-state index contributed by atoms with van der Waals surface area (Å²) in [4.78, 5) is 21.8. The molecular weight excluding hydrogens is 338 g/mol. The van der Waals surface area contributed by atoms with Gasteiger partial charge in [0.15, 0.2) is 5.96 Å². The van der Waals surface area contributed by atoms with E-state index in [1.165, 1.54) is 4.88 Å². The number of alkyl carbamates (subject to hydrolysis) is 1. The van der Waals surface area contributed by atoms with E-state index in [-0.39, 0.29) is 0 Å². The van der Waals surface area contributed by atoms with E-state index >= 15 is 0 Å². The third kappa shape index (κ3) is 8.72. The summed E-state index contributed by atoms with van der Waals surface area (Å²) >= 11 is 1.69. The van der Waals surface area contributed by atoms with Gasteiger partial charge in [0.05, 0.1) is 12.1 Å². The Kier molecular flexibility index (Phi) is 7.66. The van der Waals surface area contributed by atoms with Crippen LogP contribution in [0.15, 0.2) is 11.2 Å². The Hall–Kier alpha value is -1.83. The number of hydrogen-bond acceptors (Lipinski definition) is 5. The number of carbonyl (C=O) groups is 1. The van der Waals surface area contributed by atoms with E-state index in [0.29, 0.717) is 19.0 Å². The van der Waals surface area contributed by atoms with Crippen molar-refractivity contribution in [2.45, 2.75) is 65.6 Å². The lowest BCUT2D eigenvalue weighted by Crippen LogP contribution is -2.54. The van der Waals surface area contributed by atoms with Crippen molar-refractivity contribution in [3.05, 3.63) is 16.1 Å². The van der Waals surface area contributed by atoms with Gasteiger partial charge in [0.1, 0.15) is 10.6 Å². The molecule has 0 spiro atoms. The Balaban J connectivity index is 2.45. The minimum absolute atomic E-state index is 0.433. The first kappa shape index (κ1) is 21.2. The van der Waals surface area contributed by atoms with E-state index in [0.717, 1.165) is 11.4 Å². The summed E-state index contributed by atoms with van der Waals surface area (Å²) in [6, 6.07) is 0. The average Bonchev–Trinajstić information content (AvgIpc) is 2.92. The minimum Gasteiger partial charge on any atom is -0.444 e. The second-order valence-corrected chi connectivity index (χ2v) is 8.56. The number of aliphatic imine (C=N–C) groups is 1. The van der Waals surface area contributed by atoms with Gasteiger partial charge in [-0.15, -0.1) is 11.3 Å². The molecule has 7 nitrogen and oxygen atoms in total. The molecule has 0 saturated heterocycles. The molecule has 1 amide bonds. The zero-order valence-electron chi connectivity index (χ0n) is 16.3. The molecule has 1 aromatic heterocycles. The standard InChI is InChI=1S/C17H31N5O2S/c1-8-12-9-19-13(25-12)10-20-14(18-7)21-11-17(5,6)22-15(23)24-16(2,3)4/h9H,8,10-11H2,1-7H3,(H,22,23)(H2,18,20,21). The van der Waals surface area contributed by atoms with Gasteiger partial charge in [-0.05, 0) is 41.0 Å². The molecule has 0 fully saturated rings. The van der Waals surface area contributed by atoms with E-state index in [2.05, 4.69) is 32.9 Å². The monoisotopic (exact) mass is 369 g/mol. The van der Waals surface area contributed by atoms with Gasteiger partial charge in [0.25, 0.3) is 0 Å². The first-order valence-electron chi connectivity index (χ1n) is 8.44. The molecule has 25 heavy (non-hydrogen) atoms. The van der Waals surface area contributed by atoms with Crippen molar-refractivity contribution in [2.24, 2.45) is 4.99 Å². The van der Waals surface area contributed by atoms with Gasteiger partial charge < -0.3 is 20.7 Å². The maximum absolute atomic E-state index is 11.9. The Labute approximate surface area is 154 Å². The van der Waals surface area contributed by atoms with Gasteiger partial charge in [-0.2, -0.15) is 0 Å². The maximum Gasteiger partial charge on any atom is 0.408 e. The highest BCUT2D eigenvalue weighted by molar-refractivity contribution is 7.11. The smallest absolute Gasteiger partial charge is 0.408 e. The van der Waals surface area contributed by atoms with Crippen molar-refractivity contribution in [3.8, 4) is 0 Å². The number of aromatic nitrogens is 1. The van der Waals surface area contributed by atoms with Crippen molar-refractivity contribution >= 4 is 23.4 Å². The fraction of sp³-hybridized carbons (Fsp3) is 0.706. The van der Waals surface area contributed by atoms with Crippen LogP contribution in [-0.4, -0.2) is 41.8 Å². The molecule has 0 saturated carbocycles. The van der Waals surface area contributed by atoms with Crippen LogP contribution in [0.4, 0.5) is 4.79 Å². The number of thiazole rings is 1. The van der Waals surface area contributed by atoms with Crippen LogP contribution in [0.1, 0.15) is 51.4 Å². The van der Waals surface area contributed by atoms with Crippen molar-refractivity contribution in [1.82, 2.24) is 20.9 Å². The Morgan fingerprint density at radius 3 is 2.48 bits per heavy atom. The second kappa shape index (κ2) is 9.03. The Bertz CT molecular complexity index is 590. The van der Waals surface area contributed by atoms with Crippen LogP contribution in [0.25, 0.3) is 0 Å². The predicted molar refractivity (Wildman–Crippen MR) is 103 cm³/mol. The number of rotatable bonds is 6. The van der Waals surface area contributed by atoms with Crippen molar-refractivity contribution < 1.29 is 9.53 Å². The summed E-state index contributed by atoms with van der Waals surface area (Å²) in [7, 11) is 1.71. The molecule has 142 valence electrons. The number of nitrogens with zero attached hydrogens (tertiary/aromatic N) is 2. The summed E-state index contributed by atoms with van der Waals surface area (Å²) in [6.45, 7) is 12.6. The van der Waals surface area contributed by atoms with Gasteiger partial charge in [-0.25, -0.2) is 9.78 Å². The molecule has 0 unspecified atom stereocenters. The molecule has 0 atom stereocenters. The third-order valence-corrected chi connectivity index (χ3v) is 4.26. The van der Waals surface area contributed by atoms with Crippen LogP contribution in [0.2, 0.25) is 0 Å². The molecule has 0 aliphatic heterocycles. The van der Waals surface area contributed by atoms with Crippen LogP contribution in [0, 0.1) is 0 Å². The molecule has 1 aromatic rings. The molecular formula is C17H31N5O2S. The lowest BCUT2D eigenvalue weighted by atomic mass is 10.1. The lowest BCUT2D eigenvalue weighted by Gasteiger charge is -2.29. The van der Waals surface area contributed by atoms with E-state index in [9.17, 15) is 4.79 Å². The summed E-state index contributed by atoms with van der Waals surface area (Å²) < 4.78 is 5.29. The number of aryl methyl sites for hydroxylation is 1. The van der Waals surface area contributed by atoms with Crippen LogP contribution < -0.4 is 16.0 Å². The highest BCUT2D eigenvalue weighted by atomic mass is 32.1.